The van der Waals surface area contributed by atoms with E-state index in [0.717, 1.165) is 22.6 Å². The molecule has 3 aromatic rings. The summed E-state index contributed by atoms with van der Waals surface area (Å²) in [6.07, 6.45) is 3.28. The number of nitrogens with zero attached hydrogens (tertiary/aromatic N) is 2. The van der Waals surface area contributed by atoms with Gasteiger partial charge in [0.15, 0.2) is 11.5 Å². The Morgan fingerprint density at radius 1 is 1.04 bits per heavy atom. The maximum atomic E-state index is 13.2. The summed E-state index contributed by atoms with van der Waals surface area (Å²) in [5.41, 5.74) is 2.69. The summed E-state index contributed by atoms with van der Waals surface area (Å²) in [5, 5.41) is 0. The molecule has 27 heavy (non-hydrogen) atoms. The second-order valence-electron chi connectivity index (χ2n) is 6.44. The highest BCUT2D eigenvalue weighted by Crippen LogP contribution is 2.34. The molecule has 0 bridgehead atoms. The summed E-state index contributed by atoms with van der Waals surface area (Å²) in [4.78, 5) is 19.1. The Balaban J connectivity index is 1.66. The molecule has 5 heteroatoms. The summed E-state index contributed by atoms with van der Waals surface area (Å²) in [5.74, 6) is 1.42. The Morgan fingerprint density at radius 2 is 1.78 bits per heavy atom. The van der Waals surface area contributed by atoms with E-state index in [1.807, 2.05) is 60.4 Å². The van der Waals surface area contributed by atoms with Gasteiger partial charge >= 0.3 is 0 Å². The minimum atomic E-state index is -0.0858. The minimum absolute atomic E-state index is 0.0357. The molecule has 0 N–H and O–H groups in total. The predicted octanol–water partition coefficient (Wildman–Crippen LogP) is 4.21. The van der Waals surface area contributed by atoms with Crippen molar-refractivity contribution < 1.29 is 14.3 Å². The van der Waals surface area contributed by atoms with Crippen molar-refractivity contribution in [1.29, 1.82) is 0 Å². The van der Waals surface area contributed by atoms with Crippen LogP contribution in [0.5, 0.6) is 11.5 Å². The zero-order valence-electron chi connectivity index (χ0n) is 15.0. The van der Waals surface area contributed by atoms with Crippen LogP contribution in [0.25, 0.3) is 0 Å². The first-order chi connectivity index (χ1) is 13.2. The van der Waals surface area contributed by atoms with Gasteiger partial charge in [-0.3, -0.25) is 9.78 Å². The highest BCUT2D eigenvalue weighted by atomic mass is 16.7. The van der Waals surface area contributed by atoms with Gasteiger partial charge < -0.3 is 14.4 Å². The lowest BCUT2D eigenvalue weighted by atomic mass is 10.0. The third-order valence-corrected chi connectivity index (χ3v) is 4.73. The topological polar surface area (TPSA) is 51.7 Å². The average molecular weight is 360 g/mol. The minimum Gasteiger partial charge on any atom is -0.454 e. The highest BCUT2D eigenvalue weighted by Gasteiger charge is 2.24. The van der Waals surface area contributed by atoms with Crippen LogP contribution in [0, 0.1) is 0 Å². The van der Waals surface area contributed by atoms with Gasteiger partial charge in [0, 0.05) is 24.5 Å². The molecule has 1 aromatic heterocycles. The molecule has 0 fully saturated rings. The van der Waals surface area contributed by atoms with Crippen LogP contribution in [-0.4, -0.2) is 22.6 Å². The van der Waals surface area contributed by atoms with Crippen molar-refractivity contribution in [1.82, 2.24) is 9.88 Å². The summed E-state index contributed by atoms with van der Waals surface area (Å²) in [6.45, 7) is 2.74. The van der Waals surface area contributed by atoms with Crippen molar-refractivity contribution in [2.75, 3.05) is 6.79 Å². The Morgan fingerprint density at radius 3 is 2.56 bits per heavy atom. The van der Waals surface area contributed by atoms with E-state index >= 15 is 0 Å². The van der Waals surface area contributed by atoms with Crippen molar-refractivity contribution in [3.05, 3.63) is 89.7 Å². The van der Waals surface area contributed by atoms with Crippen LogP contribution in [0.15, 0.2) is 73.1 Å². The van der Waals surface area contributed by atoms with Crippen molar-refractivity contribution in [3.63, 3.8) is 0 Å². The van der Waals surface area contributed by atoms with E-state index in [2.05, 4.69) is 4.98 Å². The van der Waals surface area contributed by atoms with Gasteiger partial charge in [0.2, 0.25) is 6.79 Å². The molecule has 1 atom stereocenters. The quantitative estimate of drug-likeness (QED) is 0.684. The van der Waals surface area contributed by atoms with Crippen molar-refractivity contribution in [3.8, 4) is 11.5 Å². The SMILES string of the molecule is C[C@H](c1ccccc1)N(Cc1ccc2c(c1)OCO2)C(=O)c1ccncc1. The summed E-state index contributed by atoms with van der Waals surface area (Å²) >= 11 is 0. The Hall–Kier alpha value is -3.34. The number of carbonyl (C=O) groups is 1. The number of fused-ring (bicyclic) bond motifs is 1. The van der Waals surface area contributed by atoms with Crippen LogP contribution < -0.4 is 9.47 Å². The number of pyridine rings is 1. The van der Waals surface area contributed by atoms with Crippen molar-refractivity contribution >= 4 is 5.91 Å². The molecule has 0 spiro atoms. The van der Waals surface area contributed by atoms with Gasteiger partial charge in [0.1, 0.15) is 0 Å². The molecule has 0 unspecified atom stereocenters. The number of carbonyl (C=O) groups excluding carboxylic acids is 1. The fourth-order valence-corrected chi connectivity index (χ4v) is 3.19. The maximum Gasteiger partial charge on any atom is 0.254 e. The van der Waals surface area contributed by atoms with Crippen molar-refractivity contribution in [2.24, 2.45) is 0 Å². The molecule has 0 aliphatic carbocycles. The molecule has 5 nitrogen and oxygen atoms in total. The number of benzene rings is 2. The first-order valence-electron chi connectivity index (χ1n) is 8.87. The Kier molecular flexibility index (Phi) is 4.75. The highest BCUT2D eigenvalue weighted by molar-refractivity contribution is 5.94. The predicted molar refractivity (Wildman–Crippen MR) is 102 cm³/mol. The summed E-state index contributed by atoms with van der Waals surface area (Å²) in [6, 6.07) is 19.2. The van der Waals surface area contributed by atoms with Gasteiger partial charge in [-0.15, -0.1) is 0 Å². The van der Waals surface area contributed by atoms with Crippen LogP contribution in [0.2, 0.25) is 0 Å². The lowest BCUT2D eigenvalue weighted by Crippen LogP contribution is -2.33. The van der Waals surface area contributed by atoms with Crippen LogP contribution in [-0.2, 0) is 6.54 Å². The number of hydrogen-bond acceptors (Lipinski definition) is 4. The summed E-state index contributed by atoms with van der Waals surface area (Å²) < 4.78 is 10.9. The number of hydrogen-bond donors (Lipinski definition) is 0. The Labute approximate surface area is 158 Å². The lowest BCUT2D eigenvalue weighted by molar-refractivity contribution is 0.0674. The zero-order valence-corrected chi connectivity index (χ0v) is 15.0. The molecule has 1 aliphatic heterocycles. The molecule has 0 radical (unpaired) electrons. The van der Waals surface area contributed by atoms with Crippen LogP contribution in [0.3, 0.4) is 0 Å². The molecular formula is C22H20N2O3. The smallest absolute Gasteiger partial charge is 0.254 e. The van der Waals surface area contributed by atoms with Gasteiger partial charge in [0.25, 0.3) is 5.91 Å². The van der Waals surface area contributed by atoms with E-state index in [1.54, 1.807) is 24.5 Å². The standard InChI is InChI=1S/C22H20N2O3/c1-16(18-5-3-2-4-6-18)24(22(25)19-9-11-23-12-10-19)14-17-7-8-20-21(13-17)27-15-26-20/h2-13,16H,14-15H2,1H3/t16-/m1/s1. The maximum absolute atomic E-state index is 13.2. The molecular weight excluding hydrogens is 340 g/mol. The van der Waals surface area contributed by atoms with E-state index in [-0.39, 0.29) is 18.7 Å². The van der Waals surface area contributed by atoms with Crippen LogP contribution >= 0.6 is 0 Å². The molecule has 4 rings (SSSR count). The monoisotopic (exact) mass is 360 g/mol. The first-order valence-corrected chi connectivity index (χ1v) is 8.87. The summed E-state index contributed by atoms with van der Waals surface area (Å²) in [7, 11) is 0. The Bertz CT molecular complexity index is 929. The first kappa shape index (κ1) is 17.1. The number of ether oxygens (including phenoxy) is 2. The van der Waals surface area contributed by atoms with E-state index < -0.39 is 0 Å². The van der Waals surface area contributed by atoms with Gasteiger partial charge in [0.05, 0.1) is 6.04 Å². The van der Waals surface area contributed by atoms with E-state index in [9.17, 15) is 4.79 Å². The van der Waals surface area contributed by atoms with Crippen molar-refractivity contribution in [2.45, 2.75) is 19.5 Å². The zero-order chi connectivity index (χ0) is 18.6. The fraction of sp³-hybridized carbons (Fsp3) is 0.182. The molecule has 1 aliphatic rings. The van der Waals surface area contributed by atoms with Gasteiger partial charge in [-0.05, 0) is 42.3 Å². The third-order valence-electron chi connectivity index (χ3n) is 4.73. The number of rotatable bonds is 5. The molecule has 2 heterocycles. The van der Waals surface area contributed by atoms with E-state index in [1.165, 1.54) is 0 Å². The number of amides is 1. The fourth-order valence-electron chi connectivity index (χ4n) is 3.19. The van der Waals surface area contributed by atoms with Crippen LogP contribution in [0.4, 0.5) is 0 Å². The average Bonchev–Trinajstić information content (AvgIpc) is 3.20. The third kappa shape index (κ3) is 3.62. The molecule has 1 amide bonds. The normalized spacial score (nSPS) is 13.2. The molecule has 0 saturated heterocycles. The number of aromatic nitrogens is 1. The molecule has 2 aromatic carbocycles. The molecule has 0 saturated carbocycles. The van der Waals surface area contributed by atoms with E-state index in [4.69, 9.17) is 9.47 Å². The van der Waals surface area contributed by atoms with Gasteiger partial charge in [-0.25, -0.2) is 0 Å². The lowest BCUT2D eigenvalue weighted by Gasteiger charge is -2.30. The van der Waals surface area contributed by atoms with Crippen LogP contribution in [0.1, 0.15) is 34.5 Å². The largest absolute Gasteiger partial charge is 0.454 e. The molecule has 136 valence electrons. The second kappa shape index (κ2) is 7.50. The van der Waals surface area contributed by atoms with E-state index in [0.29, 0.717) is 12.1 Å². The second-order valence-corrected chi connectivity index (χ2v) is 6.44. The van der Waals surface area contributed by atoms with Gasteiger partial charge in [-0.1, -0.05) is 36.4 Å². The van der Waals surface area contributed by atoms with Gasteiger partial charge in [-0.2, -0.15) is 0 Å².